The van der Waals surface area contributed by atoms with Crippen molar-refractivity contribution in [3.8, 4) is 0 Å². The van der Waals surface area contributed by atoms with Gasteiger partial charge in [0.15, 0.2) is 5.15 Å². The minimum absolute atomic E-state index is 0. The average Bonchev–Trinajstić information content (AvgIpc) is 1.69. The Morgan fingerprint density at radius 3 is 2.50 bits per heavy atom. The van der Waals surface area contributed by atoms with Crippen LogP contribution in [0.5, 0.6) is 0 Å². The van der Waals surface area contributed by atoms with Crippen molar-refractivity contribution >= 4 is 41.2 Å². The summed E-state index contributed by atoms with van der Waals surface area (Å²) in [4.78, 5) is 0. The summed E-state index contributed by atoms with van der Waals surface area (Å²) in [7, 11) is 0. The molecular formula is C3H3ClN3Na. The Bertz CT molecular complexity index is 144. The quantitative estimate of drug-likeness (QED) is 0.471. The Morgan fingerprint density at radius 1 is 1.50 bits per heavy atom. The number of hydrogen-bond donors (Lipinski definition) is 0. The van der Waals surface area contributed by atoms with Gasteiger partial charge in [-0.05, 0) is 11.3 Å². The van der Waals surface area contributed by atoms with Crippen LogP contribution in [-0.4, -0.2) is 45.0 Å². The van der Waals surface area contributed by atoms with Crippen LogP contribution in [0.2, 0.25) is 5.15 Å². The van der Waals surface area contributed by atoms with E-state index in [0.29, 0.717) is 5.15 Å². The van der Waals surface area contributed by atoms with Crippen molar-refractivity contribution in [1.82, 2.24) is 15.4 Å². The fraction of sp³-hybridized carbons (Fsp3) is 0. The first kappa shape index (κ1) is 8.30. The SMILES string of the molecule is Clc1ccnnn1.[NaH]. The molecule has 0 bridgehead atoms. The molecule has 0 saturated heterocycles. The molecule has 1 aromatic rings. The van der Waals surface area contributed by atoms with Gasteiger partial charge in [0.25, 0.3) is 0 Å². The van der Waals surface area contributed by atoms with Crippen molar-refractivity contribution in [3.05, 3.63) is 17.4 Å². The van der Waals surface area contributed by atoms with Crippen LogP contribution in [0.1, 0.15) is 0 Å². The minimum atomic E-state index is 0. The molecule has 5 heteroatoms. The summed E-state index contributed by atoms with van der Waals surface area (Å²) in [5.41, 5.74) is 0. The summed E-state index contributed by atoms with van der Waals surface area (Å²) in [5, 5.41) is 10.4. The molecule has 0 atom stereocenters. The topological polar surface area (TPSA) is 38.7 Å². The van der Waals surface area contributed by atoms with Gasteiger partial charge < -0.3 is 0 Å². The van der Waals surface area contributed by atoms with E-state index < -0.39 is 0 Å². The van der Waals surface area contributed by atoms with E-state index in [1.807, 2.05) is 0 Å². The molecule has 38 valence electrons. The maximum atomic E-state index is 5.33. The van der Waals surface area contributed by atoms with Gasteiger partial charge in [0.2, 0.25) is 0 Å². The summed E-state index contributed by atoms with van der Waals surface area (Å²) < 4.78 is 0. The fourth-order valence-corrected chi connectivity index (χ4v) is 0.317. The molecule has 1 heterocycles. The second-order valence-electron chi connectivity index (χ2n) is 0.943. The predicted molar refractivity (Wildman–Crippen MR) is 32.0 cm³/mol. The Labute approximate surface area is 73.7 Å². The van der Waals surface area contributed by atoms with E-state index in [2.05, 4.69) is 15.4 Å². The molecule has 8 heavy (non-hydrogen) atoms. The van der Waals surface area contributed by atoms with Gasteiger partial charge in [0.05, 0.1) is 6.20 Å². The van der Waals surface area contributed by atoms with Crippen molar-refractivity contribution in [2.24, 2.45) is 0 Å². The van der Waals surface area contributed by atoms with Crippen LogP contribution in [-0.2, 0) is 0 Å². The summed E-state index contributed by atoms with van der Waals surface area (Å²) in [6, 6.07) is 1.56. The third kappa shape index (κ3) is 2.57. The molecule has 0 aliphatic rings. The fourth-order valence-electron chi connectivity index (χ4n) is 0.227. The number of aromatic nitrogens is 3. The van der Waals surface area contributed by atoms with E-state index in [9.17, 15) is 0 Å². The molecule has 0 unspecified atom stereocenters. The van der Waals surface area contributed by atoms with Crippen molar-refractivity contribution in [2.75, 3.05) is 0 Å². The summed E-state index contributed by atoms with van der Waals surface area (Å²) in [6.07, 6.45) is 1.48. The molecule has 0 saturated carbocycles. The van der Waals surface area contributed by atoms with E-state index in [-0.39, 0.29) is 29.6 Å². The number of rotatable bonds is 0. The molecule has 0 spiro atoms. The van der Waals surface area contributed by atoms with Gasteiger partial charge in [-0.15, -0.1) is 10.2 Å². The average molecular weight is 140 g/mol. The van der Waals surface area contributed by atoms with Crippen LogP contribution in [0.15, 0.2) is 12.3 Å². The van der Waals surface area contributed by atoms with Crippen LogP contribution in [0.4, 0.5) is 0 Å². The van der Waals surface area contributed by atoms with Crippen molar-refractivity contribution in [2.45, 2.75) is 0 Å². The summed E-state index contributed by atoms with van der Waals surface area (Å²) in [5.74, 6) is 0. The molecular weight excluding hydrogens is 136 g/mol. The van der Waals surface area contributed by atoms with Gasteiger partial charge in [-0.2, -0.15) is 0 Å². The number of halogens is 1. The molecule has 3 nitrogen and oxygen atoms in total. The molecule has 0 aromatic carbocycles. The third-order valence-electron chi connectivity index (χ3n) is 0.471. The van der Waals surface area contributed by atoms with E-state index in [1.54, 1.807) is 6.07 Å². The van der Waals surface area contributed by atoms with E-state index >= 15 is 0 Å². The first-order chi connectivity index (χ1) is 3.39. The molecule has 0 aliphatic heterocycles. The van der Waals surface area contributed by atoms with E-state index in [1.165, 1.54) is 6.20 Å². The Hall–Kier alpha value is 0.300. The van der Waals surface area contributed by atoms with Crippen LogP contribution < -0.4 is 0 Å². The molecule has 0 N–H and O–H groups in total. The van der Waals surface area contributed by atoms with Crippen molar-refractivity contribution < 1.29 is 0 Å². The van der Waals surface area contributed by atoms with Gasteiger partial charge >= 0.3 is 29.6 Å². The van der Waals surface area contributed by atoms with Gasteiger partial charge in [-0.1, -0.05) is 11.6 Å². The van der Waals surface area contributed by atoms with E-state index in [0.717, 1.165) is 0 Å². The predicted octanol–water partition coefficient (Wildman–Crippen LogP) is -0.124. The van der Waals surface area contributed by atoms with Crippen LogP contribution in [0.3, 0.4) is 0 Å². The van der Waals surface area contributed by atoms with Gasteiger partial charge in [0.1, 0.15) is 0 Å². The van der Waals surface area contributed by atoms with Crippen molar-refractivity contribution in [3.63, 3.8) is 0 Å². The maximum absolute atomic E-state index is 5.33. The molecule has 0 aliphatic carbocycles. The summed E-state index contributed by atoms with van der Waals surface area (Å²) in [6.45, 7) is 0. The van der Waals surface area contributed by atoms with Crippen LogP contribution in [0, 0.1) is 0 Å². The summed E-state index contributed by atoms with van der Waals surface area (Å²) >= 11 is 5.33. The second kappa shape index (κ2) is 4.21. The number of nitrogens with zero attached hydrogens (tertiary/aromatic N) is 3. The zero-order valence-corrected chi connectivity index (χ0v) is 4.13. The Balaban J connectivity index is 0.000000490. The number of hydrogen-bond acceptors (Lipinski definition) is 3. The third-order valence-corrected chi connectivity index (χ3v) is 0.672. The molecule has 0 amide bonds. The Kier molecular flexibility index (Phi) is 4.36. The zero-order chi connectivity index (χ0) is 5.11. The van der Waals surface area contributed by atoms with Crippen molar-refractivity contribution in [1.29, 1.82) is 0 Å². The monoisotopic (exact) mass is 139 g/mol. The Morgan fingerprint density at radius 2 is 2.25 bits per heavy atom. The standard InChI is InChI=1S/C3H2ClN3.Na.H/c4-3-1-2-5-7-6-3;;/h1-2H;;. The van der Waals surface area contributed by atoms with Crippen LogP contribution in [0.25, 0.3) is 0 Å². The first-order valence-electron chi connectivity index (χ1n) is 1.69. The van der Waals surface area contributed by atoms with Gasteiger partial charge in [0, 0.05) is 0 Å². The van der Waals surface area contributed by atoms with Crippen LogP contribution >= 0.6 is 11.6 Å². The van der Waals surface area contributed by atoms with Gasteiger partial charge in [-0.25, -0.2) is 0 Å². The second-order valence-corrected chi connectivity index (χ2v) is 1.33. The molecule has 0 fully saturated rings. The first-order valence-corrected chi connectivity index (χ1v) is 2.07. The van der Waals surface area contributed by atoms with Gasteiger partial charge in [-0.3, -0.25) is 0 Å². The van der Waals surface area contributed by atoms with E-state index in [4.69, 9.17) is 11.6 Å². The normalized spacial score (nSPS) is 7.62. The molecule has 1 rings (SSSR count). The molecule has 1 aromatic heterocycles. The zero-order valence-electron chi connectivity index (χ0n) is 3.37. The molecule has 0 radical (unpaired) electrons.